The third kappa shape index (κ3) is 5.42. The Bertz CT molecular complexity index is 1560. The molecule has 1 aliphatic heterocycles. The van der Waals surface area contributed by atoms with E-state index < -0.39 is 33.4 Å². The van der Waals surface area contributed by atoms with Crippen LogP contribution in [0.25, 0.3) is 17.0 Å². The lowest BCUT2D eigenvalue weighted by Crippen LogP contribution is -2.60. The summed E-state index contributed by atoms with van der Waals surface area (Å²) in [4.78, 5) is 15.7. The molecular weight excluding hydrogens is 571 g/mol. The zero-order valence-corrected chi connectivity index (χ0v) is 23.0. The number of alkyl halides is 3. The van der Waals surface area contributed by atoms with Crippen molar-refractivity contribution in [2.75, 3.05) is 13.1 Å². The number of piperidine rings is 1. The van der Waals surface area contributed by atoms with Crippen molar-refractivity contribution < 1.29 is 35.5 Å². The molecule has 0 radical (unpaired) electrons. The van der Waals surface area contributed by atoms with Gasteiger partial charge in [0.15, 0.2) is 17.7 Å². The summed E-state index contributed by atoms with van der Waals surface area (Å²) in [6.07, 6.45) is 4.19. The fourth-order valence-electron chi connectivity index (χ4n) is 4.97. The Morgan fingerprint density at radius 1 is 1.20 bits per heavy atom. The lowest BCUT2D eigenvalue weighted by atomic mass is 9.96. The van der Waals surface area contributed by atoms with E-state index in [0.29, 0.717) is 30.0 Å². The summed E-state index contributed by atoms with van der Waals surface area (Å²) >= 11 is 1.43. The van der Waals surface area contributed by atoms with Crippen LogP contribution in [0, 0.1) is 6.92 Å². The molecule has 4 heterocycles. The molecule has 15 heteroatoms. The Morgan fingerprint density at radius 3 is 2.55 bits per heavy atom. The number of thiazole rings is 1. The number of carbonyl (C=O) groups is 1. The van der Waals surface area contributed by atoms with Crippen LogP contribution < -0.4 is 0 Å². The van der Waals surface area contributed by atoms with Gasteiger partial charge in [-0.05, 0) is 38.7 Å². The molecular formula is C25H26F3N5O5S2. The average Bonchev–Trinajstić information content (AvgIpc) is 3.67. The van der Waals surface area contributed by atoms with Crippen molar-refractivity contribution >= 4 is 33.3 Å². The van der Waals surface area contributed by atoms with Crippen LogP contribution in [0.1, 0.15) is 53.8 Å². The first-order valence-corrected chi connectivity index (χ1v) is 14.8. The van der Waals surface area contributed by atoms with Gasteiger partial charge in [-0.25, -0.2) is 4.98 Å². The van der Waals surface area contributed by atoms with Crippen molar-refractivity contribution in [1.82, 2.24) is 24.8 Å². The van der Waals surface area contributed by atoms with Gasteiger partial charge in [-0.15, -0.1) is 11.3 Å². The maximum Gasteiger partial charge on any atom is 0.435 e. The first-order valence-electron chi connectivity index (χ1n) is 12.5. The number of hydrogen-bond acceptors (Lipinski definition) is 9. The molecule has 1 N–H and O–H groups in total. The average molecular weight is 598 g/mol. The Balaban J connectivity index is 1.31. The first-order chi connectivity index (χ1) is 18.9. The second kappa shape index (κ2) is 10.7. The summed E-state index contributed by atoms with van der Waals surface area (Å²) in [5.41, 5.74) is 0.982. The van der Waals surface area contributed by atoms with Gasteiger partial charge in [0.25, 0.3) is 10.1 Å². The number of nitrogens with zero attached hydrogens (tertiary/aromatic N) is 5. The van der Waals surface area contributed by atoms with Gasteiger partial charge >= 0.3 is 6.18 Å². The highest BCUT2D eigenvalue weighted by Crippen LogP contribution is 2.37. The van der Waals surface area contributed by atoms with Gasteiger partial charge in [-0.3, -0.25) is 18.9 Å². The van der Waals surface area contributed by atoms with E-state index in [1.807, 2.05) is 17.5 Å². The minimum atomic E-state index is -5.06. The molecule has 10 nitrogen and oxygen atoms in total. The second-order valence-electron chi connectivity index (χ2n) is 9.81. The van der Waals surface area contributed by atoms with E-state index in [4.69, 9.17) is 9.51 Å². The van der Waals surface area contributed by atoms with Crippen LogP contribution in [0.4, 0.5) is 13.2 Å². The maximum absolute atomic E-state index is 13.1. The highest BCUT2D eigenvalue weighted by Gasteiger charge is 2.51. The summed E-state index contributed by atoms with van der Waals surface area (Å²) in [5, 5.41) is 10.3. The van der Waals surface area contributed by atoms with Crippen LogP contribution in [0.2, 0.25) is 0 Å². The molecule has 1 aliphatic carbocycles. The summed E-state index contributed by atoms with van der Waals surface area (Å²) in [5.74, 6) is 0.596. The number of rotatable bonds is 8. The van der Waals surface area contributed by atoms with Gasteiger partial charge in [0.05, 0.1) is 11.6 Å². The molecule has 3 aromatic rings. The van der Waals surface area contributed by atoms with Crippen LogP contribution in [-0.4, -0.2) is 62.0 Å². The first kappa shape index (κ1) is 28.4. The highest BCUT2D eigenvalue weighted by molar-refractivity contribution is 7.87. The Morgan fingerprint density at radius 2 is 1.95 bits per heavy atom. The van der Waals surface area contributed by atoms with E-state index in [1.54, 1.807) is 0 Å². The van der Waals surface area contributed by atoms with Crippen LogP contribution in [0.15, 0.2) is 40.3 Å². The molecule has 0 bridgehead atoms. The molecule has 0 saturated carbocycles. The van der Waals surface area contributed by atoms with Crippen LogP contribution in [0.3, 0.4) is 0 Å². The summed E-state index contributed by atoms with van der Waals surface area (Å²) in [6, 6.07) is 2.58. The number of aldehydes is 1. The summed E-state index contributed by atoms with van der Waals surface area (Å²) < 4.78 is 80.8. The lowest BCUT2D eigenvalue weighted by Gasteiger charge is -2.41. The molecule has 0 aromatic carbocycles. The van der Waals surface area contributed by atoms with E-state index in [-0.39, 0.29) is 31.0 Å². The molecule has 1 saturated heterocycles. The molecule has 0 spiro atoms. The number of likely N-dealkylation sites (tertiary alicyclic amines) is 1. The van der Waals surface area contributed by atoms with Gasteiger partial charge in [-0.1, -0.05) is 23.4 Å². The Kier molecular flexibility index (Phi) is 7.58. The van der Waals surface area contributed by atoms with E-state index in [9.17, 15) is 30.9 Å². The smallest absolute Gasteiger partial charge is 0.356 e. The standard InChI is InChI=1S/C25H26F3N5O5S2/c1-16-11-22(25(26,27)28)30-33(16)14-24(15-34,40(35,36)37)32-9-7-18(8-10-32)23-29-20(13-39-23)19-12-21(38-31-19)17-5-3-2-4-6-17/h3,5-6,11-13,15,18H,2,4,7-10,14H2,1H3,(H,35,36,37). The van der Waals surface area contributed by atoms with E-state index in [0.717, 1.165) is 34.2 Å². The van der Waals surface area contributed by atoms with E-state index >= 15 is 0 Å². The van der Waals surface area contributed by atoms with Gasteiger partial charge in [-0.2, -0.15) is 26.7 Å². The number of aryl methyl sites for hydroxylation is 1. The maximum atomic E-state index is 13.1. The topological polar surface area (TPSA) is 131 Å². The fourth-order valence-corrected chi connectivity index (χ4v) is 6.87. The normalized spacial score (nSPS) is 19.0. The SMILES string of the molecule is Cc1cc(C(F)(F)F)nn1CC(C=O)(N1CCC(c2nc(-c3cc(C4=CCCC=C4)on3)cs2)CC1)S(=O)(=O)O. The number of hydrogen-bond donors (Lipinski definition) is 1. The molecule has 1 unspecified atom stereocenters. The van der Waals surface area contributed by atoms with Crippen molar-refractivity contribution in [3.63, 3.8) is 0 Å². The van der Waals surface area contributed by atoms with Crippen LogP contribution >= 0.6 is 11.3 Å². The van der Waals surface area contributed by atoms with Gasteiger partial charge in [0.2, 0.25) is 4.87 Å². The third-order valence-electron chi connectivity index (χ3n) is 7.23. The fraction of sp³-hybridized carbons (Fsp3) is 0.440. The summed E-state index contributed by atoms with van der Waals surface area (Å²) in [7, 11) is -5.06. The number of aromatic nitrogens is 4. The quantitative estimate of drug-likeness (QED) is 0.289. The van der Waals surface area contributed by atoms with Crippen molar-refractivity contribution in [1.29, 1.82) is 0 Å². The molecule has 40 heavy (non-hydrogen) atoms. The molecule has 5 rings (SSSR count). The molecule has 0 amide bonds. The zero-order chi connectivity index (χ0) is 28.7. The predicted octanol–water partition coefficient (Wildman–Crippen LogP) is 4.72. The largest absolute Gasteiger partial charge is 0.435 e. The molecule has 1 fully saturated rings. The van der Waals surface area contributed by atoms with Crippen LogP contribution in [-0.2, 0) is 27.6 Å². The number of allylic oxidation sites excluding steroid dienone is 4. The van der Waals surface area contributed by atoms with Gasteiger partial charge in [0.1, 0.15) is 11.4 Å². The van der Waals surface area contributed by atoms with Crippen molar-refractivity contribution in [2.45, 2.75) is 56.1 Å². The van der Waals surface area contributed by atoms with E-state index in [2.05, 4.69) is 22.4 Å². The Labute approximate surface area is 231 Å². The monoisotopic (exact) mass is 597 g/mol. The molecule has 3 aromatic heterocycles. The summed E-state index contributed by atoms with van der Waals surface area (Å²) in [6.45, 7) is 0.691. The van der Waals surface area contributed by atoms with Crippen molar-refractivity contribution in [3.05, 3.63) is 57.9 Å². The van der Waals surface area contributed by atoms with Gasteiger partial charge < -0.3 is 4.52 Å². The number of halogens is 3. The highest BCUT2D eigenvalue weighted by atomic mass is 32.2. The number of carbonyl (C=O) groups excluding carboxylic acids is 1. The minimum Gasteiger partial charge on any atom is -0.356 e. The lowest BCUT2D eigenvalue weighted by molar-refractivity contribution is -0.141. The van der Waals surface area contributed by atoms with Crippen molar-refractivity contribution in [2.24, 2.45) is 0 Å². The predicted molar refractivity (Wildman–Crippen MR) is 140 cm³/mol. The van der Waals surface area contributed by atoms with Gasteiger partial charge in [0, 0.05) is 41.7 Å². The second-order valence-corrected chi connectivity index (χ2v) is 12.4. The van der Waals surface area contributed by atoms with Crippen molar-refractivity contribution in [3.8, 4) is 11.4 Å². The Hall–Kier alpha value is -3.14. The molecule has 214 valence electrons. The molecule has 1 atom stereocenters. The zero-order valence-electron chi connectivity index (χ0n) is 21.3. The van der Waals surface area contributed by atoms with Crippen LogP contribution in [0.5, 0.6) is 0 Å². The minimum absolute atomic E-state index is 0.000728. The third-order valence-corrected chi connectivity index (χ3v) is 9.62. The van der Waals surface area contributed by atoms with E-state index in [1.165, 1.54) is 23.2 Å². The molecule has 2 aliphatic rings.